The molecule has 1 saturated carbocycles. The molecular formula is C35H29F2N3O5. The molecule has 0 aliphatic heterocycles. The molecule has 6 rings (SSSR count). The lowest BCUT2D eigenvalue weighted by Gasteiger charge is -2.17. The first-order valence-electron chi connectivity index (χ1n) is 14.3. The predicted octanol–water partition coefficient (Wildman–Crippen LogP) is 7.50. The smallest absolute Gasteiger partial charge is 0.240 e. The van der Waals surface area contributed by atoms with Crippen LogP contribution in [0.15, 0.2) is 97.2 Å². The van der Waals surface area contributed by atoms with Crippen LogP contribution >= 0.6 is 0 Å². The van der Waals surface area contributed by atoms with Gasteiger partial charge in [-0.15, -0.1) is 0 Å². The lowest BCUT2D eigenvalue weighted by Crippen LogP contribution is -2.37. The zero-order valence-corrected chi connectivity index (χ0v) is 24.5. The summed E-state index contributed by atoms with van der Waals surface area (Å²) < 4.78 is 46.0. The molecule has 1 fully saturated rings. The van der Waals surface area contributed by atoms with Crippen molar-refractivity contribution in [2.75, 3.05) is 17.7 Å². The van der Waals surface area contributed by atoms with E-state index in [2.05, 4.69) is 15.6 Å². The number of carbonyl (C=O) groups excluding carboxylic acids is 2. The number of hydrogen-bond donors (Lipinski definition) is 2. The Balaban J connectivity index is 1.17. The largest absolute Gasteiger partial charge is 0.493 e. The van der Waals surface area contributed by atoms with Crippen molar-refractivity contribution in [2.45, 2.75) is 20.0 Å². The number of rotatable bonds is 10. The molecule has 5 aromatic rings. The number of aromatic nitrogens is 1. The molecule has 2 N–H and O–H groups in total. The lowest BCUT2D eigenvalue weighted by atomic mass is 10.0. The Labute approximate surface area is 258 Å². The molecule has 0 bridgehead atoms. The fourth-order valence-electron chi connectivity index (χ4n) is 5.18. The maximum atomic E-state index is 15.3. The second-order valence-corrected chi connectivity index (χ2v) is 10.8. The third-order valence-corrected chi connectivity index (χ3v) is 7.86. The average molecular weight is 610 g/mol. The van der Waals surface area contributed by atoms with Crippen LogP contribution in [0.5, 0.6) is 23.0 Å². The molecule has 0 saturated heterocycles. The van der Waals surface area contributed by atoms with E-state index in [1.165, 1.54) is 43.5 Å². The highest BCUT2D eigenvalue weighted by molar-refractivity contribution is 6.17. The van der Waals surface area contributed by atoms with Crippen LogP contribution in [0.2, 0.25) is 0 Å². The standard InChI is InChI=1S/C35H29F2N3O5/c1-21-19-35(21,33(41)39-24-10-8-23(36)9-11-24)34(42)40-25-12-13-30(27(37)16-25)45-29-14-15-38-28-18-32(31(43-2)17-26(28)29)44-20-22-6-4-3-5-7-22/h3-18,21H,19-20H2,1-2H3,(H,39,41)(H,40,42)/t21-,35+/m1/s1. The fraction of sp³-hybridized carbons (Fsp3) is 0.171. The number of methoxy groups -OCH3 is 1. The summed E-state index contributed by atoms with van der Waals surface area (Å²) in [6.07, 6.45) is 1.87. The van der Waals surface area contributed by atoms with E-state index in [1.807, 2.05) is 30.3 Å². The maximum absolute atomic E-state index is 15.3. The van der Waals surface area contributed by atoms with Crippen molar-refractivity contribution in [3.63, 3.8) is 0 Å². The molecule has 1 aliphatic rings. The van der Waals surface area contributed by atoms with Gasteiger partial charge in [0.2, 0.25) is 11.8 Å². The van der Waals surface area contributed by atoms with Crippen molar-refractivity contribution >= 4 is 34.1 Å². The van der Waals surface area contributed by atoms with Gasteiger partial charge in [0.05, 0.1) is 12.6 Å². The number of amides is 2. The van der Waals surface area contributed by atoms with Crippen LogP contribution in [0.4, 0.5) is 20.2 Å². The van der Waals surface area contributed by atoms with Gasteiger partial charge in [0.1, 0.15) is 23.6 Å². The molecular weight excluding hydrogens is 580 g/mol. The van der Waals surface area contributed by atoms with E-state index in [4.69, 9.17) is 14.2 Å². The van der Waals surface area contributed by atoms with Crippen LogP contribution < -0.4 is 24.8 Å². The van der Waals surface area contributed by atoms with Crippen molar-refractivity contribution in [1.82, 2.24) is 4.98 Å². The molecule has 1 aromatic heterocycles. The van der Waals surface area contributed by atoms with E-state index in [1.54, 1.807) is 31.3 Å². The molecule has 45 heavy (non-hydrogen) atoms. The highest BCUT2D eigenvalue weighted by Crippen LogP contribution is 2.53. The molecule has 228 valence electrons. The molecule has 0 radical (unpaired) electrons. The highest BCUT2D eigenvalue weighted by atomic mass is 19.1. The molecule has 0 spiro atoms. The van der Waals surface area contributed by atoms with E-state index < -0.39 is 28.9 Å². The number of carbonyl (C=O) groups is 2. The van der Waals surface area contributed by atoms with Crippen molar-refractivity contribution in [3.8, 4) is 23.0 Å². The minimum absolute atomic E-state index is 0.0765. The van der Waals surface area contributed by atoms with Crippen LogP contribution in [0.3, 0.4) is 0 Å². The van der Waals surface area contributed by atoms with E-state index >= 15 is 4.39 Å². The van der Waals surface area contributed by atoms with Gasteiger partial charge in [-0.2, -0.15) is 0 Å². The second-order valence-electron chi connectivity index (χ2n) is 10.8. The SMILES string of the molecule is COc1cc2c(Oc3ccc(NC(=O)[C@@]4(C(=O)Nc5ccc(F)cc5)C[C@H]4C)cc3F)ccnc2cc1OCc1ccccc1. The number of benzene rings is 4. The second kappa shape index (κ2) is 12.2. The Bertz CT molecular complexity index is 1880. The fourth-order valence-corrected chi connectivity index (χ4v) is 5.18. The molecule has 8 nitrogen and oxygen atoms in total. The molecule has 4 aromatic carbocycles. The molecule has 1 heterocycles. The Morgan fingerprint density at radius 2 is 1.53 bits per heavy atom. The van der Waals surface area contributed by atoms with Gasteiger partial charge in [0.15, 0.2) is 23.1 Å². The zero-order valence-electron chi connectivity index (χ0n) is 24.5. The Kier molecular flexibility index (Phi) is 8.04. The number of fused-ring (bicyclic) bond motifs is 1. The van der Waals surface area contributed by atoms with Gasteiger partial charge in [0, 0.05) is 35.1 Å². The zero-order chi connectivity index (χ0) is 31.6. The van der Waals surface area contributed by atoms with Crippen LogP contribution in [-0.2, 0) is 16.2 Å². The van der Waals surface area contributed by atoms with Crippen molar-refractivity contribution in [3.05, 3.63) is 114 Å². The van der Waals surface area contributed by atoms with Gasteiger partial charge in [-0.25, -0.2) is 8.78 Å². The van der Waals surface area contributed by atoms with Crippen LogP contribution in [-0.4, -0.2) is 23.9 Å². The maximum Gasteiger partial charge on any atom is 0.240 e. The first kappa shape index (κ1) is 29.6. The predicted molar refractivity (Wildman–Crippen MR) is 165 cm³/mol. The first-order chi connectivity index (χ1) is 21.8. The van der Waals surface area contributed by atoms with Crippen LogP contribution in [0, 0.1) is 23.0 Å². The molecule has 10 heteroatoms. The van der Waals surface area contributed by atoms with Gasteiger partial charge < -0.3 is 24.8 Å². The number of nitrogens with zero attached hydrogens (tertiary/aromatic N) is 1. The van der Waals surface area contributed by atoms with E-state index in [9.17, 15) is 14.0 Å². The van der Waals surface area contributed by atoms with E-state index in [-0.39, 0.29) is 17.4 Å². The normalized spacial score (nSPS) is 16.9. The Morgan fingerprint density at radius 1 is 0.844 bits per heavy atom. The van der Waals surface area contributed by atoms with Crippen LogP contribution in [0.25, 0.3) is 10.9 Å². The summed E-state index contributed by atoms with van der Waals surface area (Å²) in [6.45, 7) is 2.12. The number of ether oxygens (including phenoxy) is 3. The summed E-state index contributed by atoms with van der Waals surface area (Å²) in [6, 6.07) is 24.1. The first-order valence-corrected chi connectivity index (χ1v) is 14.3. The molecule has 0 unspecified atom stereocenters. The summed E-state index contributed by atoms with van der Waals surface area (Å²) in [4.78, 5) is 30.7. The minimum Gasteiger partial charge on any atom is -0.493 e. The number of halogens is 2. The highest BCUT2D eigenvalue weighted by Gasteiger charge is 2.63. The van der Waals surface area contributed by atoms with Crippen molar-refractivity contribution in [1.29, 1.82) is 0 Å². The number of anilines is 2. The van der Waals surface area contributed by atoms with E-state index in [0.717, 1.165) is 11.6 Å². The topological polar surface area (TPSA) is 98.8 Å². The minimum atomic E-state index is -1.32. The molecule has 1 aliphatic carbocycles. The Hall–Kier alpha value is -5.51. The van der Waals surface area contributed by atoms with Crippen molar-refractivity contribution in [2.24, 2.45) is 11.3 Å². The van der Waals surface area contributed by atoms with E-state index in [0.29, 0.717) is 46.9 Å². The van der Waals surface area contributed by atoms with Gasteiger partial charge in [0.25, 0.3) is 0 Å². The third-order valence-electron chi connectivity index (χ3n) is 7.86. The monoisotopic (exact) mass is 609 g/mol. The summed E-state index contributed by atoms with van der Waals surface area (Å²) >= 11 is 0. The van der Waals surface area contributed by atoms with Gasteiger partial charge >= 0.3 is 0 Å². The number of hydrogen-bond acceptors (Lipinski definition) is 6. The lowest BCUT2D eigenvalue weighted by molar-refractivity contribution is -0.131. The Morgan fingerprint density at radius 3 is 2.20 bits per heavy atom. The quantitative estimate of drug-likeness (QED) is 0.159. The van der Waals surface area contributed by atoms with Crippen molar-refractivity contribution < 1.29 is 32.6 Å². The summed E-state index contributed by atoms with van der Waals surface area (Å²) in [5.41, 5.74) is 0.772. The van der Waals surface area contributed by atoms with Gasteiger partial charge in [-0.05, 0) is 66.4 Å². The number of pyridine rings is 1. The molecule has 2 atom stereocenters. The summed E-state index contributed by atoms with van der Waals surface area (Å²) in [5.74, 6) is -1.23. The third kappa shape index (κ3) is 6.12. The average Bonchev–Trinajstić information content (AvgIpc) is 3.74. The summed E-state index contributed by atoms with van der Waals surface area (Å²) in [5, 5.41) is 5.92. The number of nitrogens with one attached hydrogen (secondary N) is 2. The summed E-state index contributed by atoms with van der Waals surface area (Å²) in [7, 11) is 1.53. The van der Waals surface area contributed by atoms with Crippen LogP contribution in [0.1, 0.15) is 18.9 Å². The molecule has 2 amide bonds. The van der Waals surface area contributed by atoms with Gasteiger partial charge in [-0.1, -0.05) is 37.3 Å². The van der Waals surface area contributed by atoms with Gasteiger partial charge in [-0.3, -0.25) is 14.6 Å².